The quantitative estimate of drug-likeness (QED) is 0.167. The lowest BCUT2D eigenvalue weighted by molar-refractivity contribution is 0.672. The van der Waals surface area contributed by atoms with Crippen LogP contribution in [0.4, 0.5) is 0 Å². The average molecular weight is 703 g/mol. The summed E-state index contributed by atoms with van der Waals surface area (Å²) in [6.07, 6.45) is 0. The molecule has 0 saturated heterocycles. The summed E-state index contributed by atoms with van der Waals surface area (Å²) >= 11 is 1.87. The maximum atomic E-state index is 6.40. The Balaban J connectivity index is 0.981. The largest absolute Gasteiger partial charge is 0.455 e. The number of thiophene rings is 1. The SMILES string of the molecule is c1ccc2cc(-c3c4ccccc4c(-c4ccc(-c5ccc6sc7c(ccc8c7ccc7c9ccccc9oc78)c6c5)cc4)c4ccccc34)ccc2c1. The summed E-state index contributed by atoms with van der Waals surface area (Å²) in [6.45, 7) is 0. The van der Waals surface area contributed by atoms with Crippen molar-refractivity contribution in [1.29, 1.82) is 0 Å². The summed E-state index contributed by atoms with van der Waals surface area (Å²) in [5, 5.41) is 14.9. The Morgan fingerprint density at radius 2 is 0.833 bits per heavy atom. The molecule has 2 aromatic heterocycles. The van der Waals surface area contributed by atoms with Gasteiger partial charge in [-0.15, -0.1) is 11.3 Å². The van der Waals surface area contributed by atoms with Crippen LogP contribution < -0.4 is 0 Å². The molecule has 0 atom stereocenters. The second-order valence-corrected chi connectivity index (χ2v) is 15.4. The van der Waals surface area contributed by atoms with E-state index in [1.165, 1.54) is 107 Å². The third-order valence-corrected chi connectivity index (χ3v) is 12.7. The molecule has 0 fully saturated rings. The van der Waals surface area contributed by atoms with Gasteiger partial charge in [0, 0.05) is 41.7 Å². The smallest absolute Gasteiger partial charge is 0.143 e. The Hall–Kier alpha value is -6.74. The molecule has 1 nitrogen and oxygen atoms in total. The van der Waals surface area contributed by atoms with E-state index in [1.807, 2.05) is 17.4 Å². The second kappa shape index (κ2) is 11.4. The molecule has 0 amide bonds. The van der Waals surface area contributed by atoms with E-state index in [2.05, 4.69) is 176 Å². The van der Waals surface area contributed by atoms with Gasteiger partial charge in [0.05, 0.1) is 0 Å². The molecule has 0 unspecified atom stereocenters. The van der Waals surface area contributed by atoms with E-state index in [0.29, 0.717) is 0 Å². The van der Waals surface area contributed by atoms with Crippen molar-refractivity contribution in [3.8, 4) is 33.4 Å². The number of furan rings is 1. The van der Waals surface area contributed by atoms with Gasteiger partial charge in [-0.2, -0.15) is 0 Å². The van der Waals surface area contributed by atoms with E-state index in [4.69, 9.17) is 4.42 Å². The standard InChI is InChI=1S/C52H30OS/c1-2-10-34-29-36(22-19-31(34)9-1)50-40-14-5-3-12-38(40)49(39-13-4-6-15-41(39)50)33-20-17-32(18-21-33)35-23-28-48-46(30-35)45-27-25-43-44(52(45)54-48)26-24-42-37-11-7-8-16-47(37)53-51(42)43/h1-30H. The fourth-order valence-electron chi connectivity index (χ4n) is 8.93. The minimum atomic E-state index is 0.937. The normalized spacial score (nSPS) is 12.1. The maximum Gasteiger partial charge on any atom is 0.143 e. The molecule has 10 aromatic carbocycles. The van der Waals surface area contributed by atoms with Gasteiger partial charge in [-0.25, -0.2) is 0 Å². The topological polar surface area (TPSA) is 13.1 Å². The van der Waals surface area contributed by atoms with E-state index in [-0.39, 0.29) is 0 Å². The Kier molecular flexibility index (Phi) is 6.28. The van der Waals surface area contributed by atoms with Crippen LogP contribution in [-0.4, -0.2) is 0 Å². The van der Waals surface area contributed by atoms with Gasteiger partial charge in [-0.1, -0.05) is 146 Å². The highest BCUT2D eigenvalue weighted by Gasteiger charge is 2.18. The second-order valence-electron chi connectivity index (χ2n) is 14.4. The van der Waals surface area contributed by atoms with Crippen LogP contribution in [0.2, 0.25) is 0 Å². The molecule has 0 aliphatic heterocycles. The van der Waals surface area contributed by atoms with Crippen LogP contribution >= 0.6 is 11.3 Å². The monoisotopic (exact) mass is 702 g/mol. The predicted molar refractivity (Wildman–Crippen MR) is 233 cm³/mol. The number of para-hydroxylation sites is 1. The van der Waals surface area contributed by atoms with Gasteiger partial charge in [-0.3, -0.25) is 0 Å². The summed E-state index contributed by atoms with van der Waals surface area (Å²) in [4.78, 5) is 0. The van der Waals surface area contributed by atoms with Crippen molar-refractivity contribution in [2.75, 3.05) is 0 Å². The summed E-state index contributed by atoms with van der Waals surface area (Å²) in [5.41, 5.74) is 9.38. The molecule has 2 heterocycles. The molecule has 2 heteroatoms. The molecule has 0 N–H and O–H groups in total. The van der Waals surface area contributed by atoms with Crippen LogP contribution in [0.25, 0.3) is 119 Å². The summed E-state index contributed by atoms with van der Waals surface area (Å²) < 4.78 is 9.01. The minimum Gasteiger partial charge on any atom is -0.455 e. The minimum absolute atomic E-state index is 0.937. The first-order valence-electron chi connectivity index (χ1n) is 18.5. The first-order chi connectivity index (χ1) is 26.8. The zero-order chi connectivity index (χ0) is 35.3. The summed E-state index contributed by atoms with van der Waals surface area (Å²) in [7, 11) is 0. The van der Waals surface area contributed by atoms with Crippen molar-refractivity contribution >= 4 is 96.5 Å². The highest BCUT2D eigenvalue weighted by Crippen LogP contribution is 2.46. The molecule has 0 aliphatic carbocycles. The number of fused-ring (bicyclic) bond motifs is 12. The molecular weight excluding hydrogens is 673 g/mol. The third kappa shape index (κ3) is 4.32. The molecular formula is C52H30OS. The Labute approximate surface area is 314 Å². The third-order valence-electron chi connectivity index (χ3n) is 11.4. The Morgan fingerprint density at radius 1 is 0.315 bits per heavy atom. The first-order valence-corrected chi connectivity index (χ1v) is 19.3. The maximum absolute atomic E-state index is 6.40. The van der Waals surface area contributed by atoms with Crippen LogP contribution in [0, 0.1) is 0 Å². The van der Waals surface area contributed by atoms with Crippen LogP contribution in [0.15, 0.2) is 186 Å². The van der Waals surface area contributed by atoms with E-state index < -0.39 is 0 Å². The number of rotatable bonds is 3. The fourth-order valence-corrected chi connectivity index (χ4v) is 10.1. The van der Waals surface area contributed by atoms with Crippen molar-refractivity contribution < 1.29 is 4.42 Å². The number of benzene rings is 10. The zero-order valence-electron chi connectivity index (χ0n) is 29.1. The first kappa shape index (κ1) is 29.8. The van der Waals surface area contributed by atoms with Gasteiger partial charge in [0.1, 0.15) is 11.2 Å². The molecule has 0 aliphatic rings. The van der Waals surface area contributed by atoms with E-state index >= 15 is 0 Å². The van der Waals surface area contributed by atoms with Crippen LogP contribution in [0.3, 0.4) is 0 Å². The zero-order valence-corrected chi connectivity index (χ0v) is 30.0. The van der Waals surface area contributed by atoms with E-state index in [9.17, 15) is 0 Å². The Morgan fingerprint density at radius 3 is 1.56 bits per heavy atom. The lowest BCUT2D eigenvalue weighted by Crippen LogP contribution is -1.91. The highest BCUT2D eigenvalue weighted by atomic mass is 32.1. The van der Waals surface area contributed by atoms with Crippen LogP contribution in [-0.2, 0) is 0 Å². The van der Waals surface area contributed by atoms with Gasteiger partial charge in [0.25, 0.3) is 0 Å². The molecule has 0 spiro atoms. The van der Waals surface area contributed by atoms with Crippen molar-refractivity contribution in [2.24, 2.45) is 0 Å². The van der Waals surface area contributed by atoms with Crippen molar-refractivity contribution in [3.05, 3.63) is 182 Å². The predicted octanol–water partition coefficient (Wildman–Crippen LogP) is 15.6. The van der Waals surface area contributed by atoms with E-state index in [0.717, 1.165) is 11.2 Å². The van der Waals surface area contributed by atoms with Gasteiger partial charge < -0.3 is 4.42 Å². The lowest BCUT2D eigenvalue weighted by Gasteiger charge is -2.18. The number of hydrogen-bond donors (Lipinski definition) is 0. The molecule has 250 valence electrons. The van der Waals surface area contributed by atoms with Crippen molar-refractivity contribution in [3.63, 3.8) is 0 Å². The van der Waals surface area contributed by atoms with Crippen LogP contribution in [0.1, 0.15) is 0 Å². The molecule has 12 aromatic rings. The lowest BCUT2D eigenvalue weighted by atomic mass is 9.85. The fraction of sp³-hybridized carbons (Fsp3) is 0. The molecule has 0 bridgehead atoms. The van der Waals surface area contributed by atoms with Gasteiger partial charge in [-0.05, 0) is 102 Å². The summed E-state index contributed by atoms with van der Waals surface area (Å²) in [6, 6.07) is 66.8. The highest BCUT2D eigenvalue weighted by molar-refractivity contribution is 7.26. The molecule has 0 saturated carbocycles. The van der Waals surface area contributed by atoms with Crippen molar-refractivity contribution in [2.45, 2.75) is 0 Å². The van der Waals surface area contributed by atoms with Crippen molar-refractivity contribution in [1.82, 2.24) is 0 Å². The number of hydrogen-bond acceptors (Lipinski definition) is 2. The summed E-state index contributed by atoms with van der Waals surface area (Å²) in [5.74, 6) is 0. The Bertz CT molecular complexity index is 3430. The van der Waals surface area contributed by atoms with E-state index in [1.54, 1.807) is 0 Å². The van der Waals surface area contributed by atoms with Gasteiger partial charge >= 0.3 is 0 Å². The molecule has 0 radical (unpaired) electrons. The van der Waals surface area contributed by atoms with Crippen LogP contribution in [0.5, 0.6) is 0 Å². The van der Waals surface area contributed by atoms with Gasteiger partial charge in [0.2, 0.25) is 0 Å². The molecule has 54 heavy (non-hydrogen) atoms. The van der Waals surface area contributed by atoms with Gasteiger partial charge in [0.15, 0.2) is 0 Å². The molecule has 12 rings (SSSR count). The average Bonchev–Trinajstić information content (AvgIpc) is 3.81.